The fraction of sp³-hybridized carbons (Fsp3) is 0.600. The molecule has 0 bridgehead atoms. The van der Waals surface area contributed by atoms with E-state index in [9.17, 15) is 5.11 Å². The predicted molar refractivity (Wildman–Crippen MR) is 78.4 cm³/mol. The third kappa shape index (κ3) is 2.41. The first-order chi connectivity index (χ1) is 8.99. The van der Waals surface area contributed by atoms with Crippen LogP contribution in [-0.4, -0.2) is 35.2 Å². The molecule has 3 nitrogen and oxygen atoms in total. The highest BCUT2D eigenvalue weighted by Crippen LogP contribution is 2.45. The lowest BCUT2D eigenvalue weighted by Crippen LogP contribution is -2.52. The van der Waals surface area contributed by atoms with Crippen molar-refractivity contribution in [3.05, 3.63) is 28.2 Å². The van der Waals surface area contributed by atoms with Crippen molar-refractivity contribution in [1.82, 2.24) is 4.90 Å². The molecule has 2 aliphatic rings. The SMILES string of the molecule is CC1CC2(CCN1C)C[C@H](O)c1ccc(Br)cc1O2. The Morgan fingerprint density at radius 2 is 2.21 bits per heavy atom. The average Bonchev–Trinajstić information content (AvgIpc) is 2.34. The van der Waals surface area contributed by atoms with Gasteiger partial charge in [-0.3, -0.25) is 0 Å². The fourth-order valence-corrected chi connectivity index (χ4v) is 3.62. The Kier molecular flexibility index (Phi) is 3.36. The summed E-state index contributed by atoms with van der Waals surface area (Å²) in [7, 11) is 2.15. The minimum absolute atomic E-state index is 0.195. The molecule has 1 aromatic rings. The minimum atomic E-state index is -0.410. The number of hydrogen-bond acceptors (Lipinski definition) is 3. The van der Waals surface area contributed by atoms with Gasteiger partial charge in [-0.25, -0.2) is 0 Å². The van der Waals surface area contributed by atoms with Crippen LogP contribution in [0.15, 0.2) is 22.7 Å². The highest BCUT2D eigenvalue weighted by atomic mass is 79.9. The summed E-state index contributed by atoms with van der Waals surface area (Å²) in [6, 6.07) is 6.38. The van der Waals surface area contributed by atoms with Gasteiger partial charge in [0.2, 0.25) is 0 Å². The van der Waals surface area contributed by atoms with Gasteiger partial charge in [-0.2, -0.15) is 0 Å². The quantitative estimate of drug-likeness (QED) is 0.795. The smallest absolute Gasteiger partial charge is 0.127 e. The van der Waals surface area contributed by atoms with Crippen molar-refractivity contribution in [2.75, 3.05) is 13.6 Å². The molecule has 2 unspecified atom stereocenters. The van der Waals surface area contributed by atoms with Gasteiger partial charge in [-0.15, -0.1) is 0 Å². The maximum absolute atomic E-state index is 10.4. The van der Waals surface area contributed by atoms with Crippen LogP contribution < -0.4 is 4.74 Å². The second kappa shape index (κ2) is 4.76. The lowest BCUT2D eigenvalue weighted by Gasteiger charge is -2.47. The van der Waals surface area contributed by atoms with Crippen LogP contribution >= 0.6 is 15.9 Å². The van der Waals surface area contributed by atoms with Crippen molar-refractivity contribution in [3.8, 4) is 5.75 Å². The van der Waals surface area contributed by atoms with Gasteiger partial charge in [0, 0.05) is 35.5 Å². The number of aliphatic hydroxyl groups excluding tert-OH is 1. The zero-order chi connectivity index (χ0) is 13.6. The molecule has 1 aromatic carbocycles. The molecule has 2 heterocycles. The Labute approximate surface area is 122 Å². The molecule has 3 rings (SSSR count). The van der Waals surface area contributed by atoms with Crippen LogP contribution in [0.4, 0.5) is 0 Å². The molecule has 2 aliphatic heterocycles. The van der Waals surface area contributed by atoms with Crippen molar-refractivity contribution in [2.24, 2.45) is 0 Å². The van der Waals surface area contributed by atoms with Crippen LogP contribution in [0.5, 0.6) is 5.75 Å². The summed E-state index contributed by atoms with van der Waals surface area (Å²) in [5.74, 6) is 0.838. The van der Waals surface area contributed by atoms with Gasteiger partial charge < -0.3 is 14.7 Å². The van der Waals surface area contributed by atoms with E-state index in [2.05, 4.69) is 34.8 Å². The van der Waals surface area contributed by atoms with Crippen molar-refractivity contribution in [1.29, 1.82) is 0 Å². The molecule has 104 valence electrons. The van der Waals surface area contributed by atoms with Crippen molar-refractivity contribution in [2.45, 2.75) is 43.9 Å². The van der Waals surface area contributed by atoms with Crippen LogP contribution in [0.2, 0.25) is 0 Å². The molecule has 3 atom stereocenters. The number of nitrogens with zero attached hydrogens (tertiary/aromatic N) is 1. The molecular weight excluding hydrogens is 306 g/mol. The Morgan fingerprint density at radius 3 is 2.95 bits per heavy atom. The molecule has 0 saturated carbocycles. The first-order valence-corrected chi connectivity index (χ1v) is 7.65. The van der Waals surface area contributed by atoms with Gasteiger partial charge in [0.15, 0.2) is 0 Å². The Hall–Kier alpha value is -0.580. The molecule has 1 spiro atoms. The van der Waals surface area contributed by atoms with Crippen molar-refractivity contribution in [3.63, 3.8) is 0 Å². The number of ether oxygens (including phenoxy) is 1. The standard InChI is InChI=1S/C15H20BrNO2/c1-10-8-15(5-6-17(10)2)9-13(18)12-4-3-11(16)7-14(12)19-15/h3-4,7,10,13,18H,5-6,8-9H2,1-2H3/t10?,13-,15?/m0/s1. The first-order valence-electron chi connectivity index (χ1n) is 6.86. The second-order valence-corrected chi connectivity index (χ2v) is 6.89. The normalized spacial score (nSPS) is 34.9. The average molecular weight is 326 g/mol. The lowest BCUT2D eigenvalue weighted by atomic mass is 9.79. The van der Waals surface area contributed by atoms with E-state index >= 15 is 0 Å². The molecule has 0 aliphatic carbocycles. The van der Waals surface area contributed by atoms with E-state index in [-0.39, 0.29) is 5.60 Å². The largest absolute Gasteiger partial charge is 0.487 e. The lowest BCUT2D eigenvalue weighted by molar-refractivity contribution is -0.0646. The maximum Gasteiger partial charge on any atom is 0.127 e. The number of aliphatic hydroxyl groups is 1. The molecule has 0 radical (unpaired) electrons. The Balaban J connectivity index is 1.91. The number of benzene rings is 1. The highest BCUT2D eigenvalue weighted by molar-refractivity contribution is 9.10. The van der Waals surface area contributed by atoms with Crippen molar-refractivity contribution >= 4 is 15.9 Å². The van der Waals surface area contributed by atoms with E-state index in [0.717, 1.165) is 35.2 Å². The zero-order valence-electron chi connectivity index (χ0n) is 11.4. The van der Waals surface area contributed by atoms with Gasteiger partial charge in [0.25, 0.3) is 0 Å². The summed E-state index contributed by atoms with van der Waals surface area (Å²) in [6.07, 6.45) is 2.26. The molecular formula is C15H20BrNO2. The zero-order valence-corrected chi connectivity index (χ0v) is 13.0. The molecule has 1 fully saturated rings. The third-order valence-corrected chi connectivity index (χ3v) is 5.06. The highest BCUT2D eigenvalue weighted by Gasteiger charge is 2.44. The fourth-order valence-electron chi connectivity index (χ4n) is 3.28. The molecule has 0 amide bonds. The summed E-state index contributed by atoms with van der Waals surface area (Å²) in [6.45, 7) is 3.25. The number of piperidine rings is 1. The molecule has 0 aromatic heterocycles. The summed E-state index contributed by atoms with van der Waals surface area (Å²) < 4.78 is 7.31. The van der Waals surface area contributed by atoms with E-state index in [0.29, 0.717) is 12.5 Å². The van der Waals surface area contributed by atoms with E-state index in [1.807, 2.05) is 18.2 Å². The van der Waals surface area contributed by atoms with Gasteiger partial charge >= 0.3 is 0 Å². The van der Waals surface area contributed by atoms with Gasteiger partial charge in [-0.05, 0) is 32.5 Å². The number of fused-ring (bicyclic) bond motifs is 1. The van der Waals surface area contributed by atoms with Gasteiger partial charge in [0.05, 0.1) is 6.10 Å². The summed E-state index contributed by atoms with van der Waals surface area (Å²) in [5.41, 5.74) is 0.722. The first kappa shape index (κ1) is 13.4. The van der Waals surface area contributed by atoms with Gasteiger partial charge in [0.1, 0.15) is 11.4 Å². The van der Waals surface area contributed by atoms with E-state index in [1.54, 1.807) is 0 Å². The molecule has 1 N–H and O–H groups in total. The maximum atomic E-state index is 10.4. The van der Waals surface area contributed by atoms with E-state index in [4.69, 9.17) is 4.74 Å². The summed E-state index contributed by atoms with van der Waals surface area (Å²) >= 11 is 3.47. The number of likely N-dealkylation sites (tertiary alicyclic amines) is 1. The summed E-state index contributed by atoms with van der Waals surface area (Å²) in [4.78, 5) is 2.36. The third-order valence-electron chi connectivity index (χ3n) is 4.57. The topological polar surface area (TPSA) is 32.7 Å². The number of rotatable bonds is 0. The van der Waals surface area contributed by atoms with E-state index in [1.165, 1.54) is 0 Å². The number of halogens is 1. The van der Waals surface area contributed by atoms with Crippen LogP contribution in [0.25, 0.3) is 0 Å². The molecule has 1 saturated heterocycles. The van der Waals surface area contributed by atoms with Crippen LogP contribution in [0.1, 0.15) is 37.9 Å². The Morgan fingerprint density at radius 1 is 1.42 bits per heavy atom. The predicted octanol–water partition coefficient (Wildman–Crippen LogP) is 3.12. The second-order valence-electron chi connectivity index (χ2n) is 5.97. The van der Waals surface area contributed by atoms with Crippen LogP contribution in [-0.2, 0) is 0 Å². The van der Waals surface area contributed by atoms with Crippen LogP contribution in [0, 0.1) is 0 Å². The van der Waals surface area contributed by atoms with Gasteiger partial charge in [-0.1, -0.05) is 22.0 Å². The molecule has 19 heavy (non-hydrogen) atoms. The minimum Gasteiger partial charge on any atom is -0.487 e. The number of hydrogen-bond donors (Lipinski definition) is 1. The summed E-state index contributed by atoms with van der Waals surface area (Å²) in [5, 5.41) is 10.4. The van der Waals surface area contributed by atoms with Crippen molar-refractivity contribution < 1.29 is 9.84 Å². The monoisotopic (exact) mass is 325 g/mol. The van der Waals surface area contributed by atoms with E-state index < -0.39 is 6.10 Å². The Bertz CT molecular complexity index is 493. The van der Waals surface area contributed by atoms with Crippen LogP contribution in [0.3, 0.4) is 0 Å². The molecule has 4 heteroatoms.